The van der Waals surface area contributed by atoms with Crippen molar-refractivity contribution in [1.29, 1.82) is 0 Å². The van der Waals surface area contributed by atoms with Crippen molar-refractivity contribution >= 4 is 45.5 Å². The van der Waals surface area contributed by atoms with Gasteiger partial charge in [0.1, 0.15) is 12.1 Å². The monoisotopic (exact) mass is 451 g/mol. The quantitative estimate of drug-likeness (QED) is 0.464. The maximum absolute atomic E-state index is 11.4. The van der Waals surface area contributed by atoms with Crippen molar-refractivity contribution < 1.29 is 14.3 Å². The number of ether oxygens (including phenoxy) is 2. The minimum Gasteiger partial charge on any atom is -0.493 e. The first-order valence-electron chi connectivity index (χ1n) is 10.3. The molecule has 2 aromatic carbocycles. The summed E-state index contributed by atoms with van der Waals surface area (Å²) in [5, 5.41) is 4.85. The van der Waals surface area contributed by atoms with Crippen molar-refractivity contribution in [1.82, 2.24) is 14.9 Å². The van der Waals surface area contributed by atoms with Crippen LogP contribution >= 0.6 is 12.2 Å². The molecule has 0 bridgehead atoms. The van der Waals surface area contributed by atoms with Crippen molar-refractivity contribution in [3.63, 3.8) is 0 Å². The average molecular weight is 452 g/mol. The number of carbonyl (C=O) groups is 1. The summed E-state index contributed by atoms with van der Waals surface area (Å²) in [5.41, 5.74) is 2.35. The number of methoxy groups -OCH3 is 2. The van der Waals surface area contributed by atoms with E-state index in [2.05, 4.69) is 25.1 Å². The molecule has 1 fully saturated rings. The summed E-state index contributed by atoms with van der Waals surface area (Å²) in [4.78, 5) is 24.7. The molecule has 2 heterocycles. The predicted octanol–water partition coefficient (Wildman–Crippen LogP) is 3.37. The topological polar surface area (TPSA) is 79.8 Å². The lowest BCUT2D eigenvalue weighted by Gasteiger charge is -2.37. The molecule has 9 heteroatoms. The molecule has 8 nitrogen and oxygen atoms in total. The molecule has 3 aromatic rings. The number of nitrogens with one attached hydrogen (secondary N) is 1. The van der Waals surface area contributed by atoms with E-state index in [0.29, 0.717) is 22.2 Å². The highest BCUT2D eigenvalue weighted by Crippen LogP contribution is 2.34. The van der Waals surface area contributed by atoms with Gasteiger partial charge in [-0.1, -0.05) is 0 Å². The molecule has 0 radical (unpaired) electrons. The Kier molecular flexibility index (Phi) is 6.36. The van der Waals surface area contributed by atoms with E-state index < -0.39 is 0 Å². The smallest absolute Gasteiger partial charge is 0.173 e. The van der Waals surface area contributed by atoms with Crippen LogP contribution in [0.25, 0.3) is 10.9 Å². The van der Waals surface area contributed by atoms with E-state index in [0.717, 1.165) is 48.6 Å². The molecule has 4 rings (SSSR count). The molecule has 0 unspecified atom stereocenters. The van der Waals surface area contributed by atoms with Crippen LogP contribution in [0.1, 0.15) is 17.3 Å². The van der Waals surface area contributed by atoms with E-state index in [9.17, 15) is 4.79 Å². The normalized spacial score (nSPS) is 13.7. The Labute approximate surface area is 192 Å². The molecule has 0 saturated carbocycles. The zero-order valence-electron chi connectivity index (χ0n) is 18.3. The van der Waals surface area contributed by atoms with Crippen LogP contribution in [-0.4, -0.2) is 66.2 Å². The van der Waals surface area contributed by atoms with Gasteiger partial charge in [0.25, 0.3) is 0 Å². The molecule has 0 amide bonds. The SMILES string of the molecule is COc1cc2ncnc(N3CCN(C(=S)Nc4ccc(C(C)=O)cc4)CC3)c2cc1OC. The van der Waals surface area contributed by atoms with E-state index in [4.69, 9.17) is 21.7 Å². The van der Waals surface area contributed by atoms with Crippen LogP contribution in [0.2, 0.25) is 0 Å². The summed E-state index contributed by atoms with van der Waals surface area (Å²) in [6, 6.07) is 11.1. The molecule has 1 aliphatic rings. The van der Waals surface area contributed by atoms with Crippen molar-refractivity contribution in [2.75, 3.05) is 50.6 Å². The van der Waals surface area contributed by atoms with Gasteiger partial charge in [0.15, 0.2) is 22.4 Å². The highest BCUT2D eigenvalue weighted by Gasteiger charge is 2.22. The fourth-order valence-electron chi connectivity index (χ4n) is 3.73. The van der Waals surface area contributed by atoms with Crippen molar-refractivity contribution in [3.8, 4) is 11.5 Å². The average Bonchev–Trinajstić information content (AvgIpc) is 2.83. The molecule has 32 heavy (non-hydrogen) atoms. The first-order valence-corrected chi connectivity index (χ1v) is 10.7. The number of benzene rings is 2. The van der Waals surface area contributed by atoms with Crippen LogP contribution in [0.4, 0.5) is 11.5 Å². The number of rotatable bonds is 5. The highest BCUT2D eigenvalue weighted by atomic mass is 32.1. The summed E-state index contributed by atoms with van der Waals surface area (Å²) in [6.07, 6.45) is 1.58. The largest absolute Gasteiger partial charge is 0.493 e. The van der Waals surface area contributed by atoms with Crippen molar-refractivity contribution in [3.05, 3.63) is 48.3 Å². The summed E-state index contributed by atoms with van der Waals surface area (Å²) >= 11 is 5.61. The maximum Gasteiger partial charge on any atom is 0.173 e. The second-order valence-electron chi connectivity index (χ2n) is 7.46. The van der Waals surface area contributed by atoms with Gasteiger partial charge in [-0.3, -0.25) is 4.79 Å². The molecule has 1 N–H and O–H groups in total. The molecule has 0 aliphatic carbocycles. The number of Topliss-reactive ketones (excluding diaryl/α,β-unsaturated/α-hetero) is 1. The molecular weight excluding hydrogens is 426 g/mol. The number of hydrogen-bond acceptors (Lipinski definition) is 7. The molecular formula is C23H25N5O3S. The number of piperazine rings is 1. The number of nitrogens with zero attached hydrogens (tertiary/aromatic N) is 4. The third-order valence-electron chi connectivity index (χ3n) is 5.53. The number of fused-ring (bicyclic) bond motifs is 1. The number of anilines is 2. The second kappa shape index (κ2) is 9.35. The Balaban J connectivity index is 1.44. The fraction of sp³-hybridized carbons (Fsp3) is 0.304. The van der Waals surface area contributed by atoms with Gasteiger partial charge in [-0.15, -0.1) is 0 Å². The standard InChI is InChI=1S/C23H25N5O3S/c1-15(29)16-4-6-17(7-5-16)26-23(32)28-10-8-27(9-11-28)22-18-12-20(30-2)21(31-3)13-19(18)24-14-25-22/h4-7,12-14H,8-11H2,1-3H3,(H,26,32). The predicted molar refractivity (Wildman–Crippen MR) is 129 cm³/mol. The first-order chi connectivity index (χ1) is 15.5. The minimum absolute atomic E-state index is 0.0450. The van der Waals surface area contributed by atoms with Gasteiger partial charge < -0.3 is 24.6 Å². The van der Waals surface area contributed by atoms with E-state index in [1.54, 1.807) is 39.6 Å². The molecule has 166 valence electrons. The zero-order valence-corrected chi connectivity index (χ0v) is 19.1. The minimum atomic E-state index is 0.0450. The van der Waals surface area contributed by atoms with Gasteiger partial charge in [-0.05, 0) is 49.5 Å². The summed E-state index contributed by atoms with van der Waals surface area (Å²) < 4.78 is 10.9. The lowest BCUT2D eigenvalue weighted by Crippen LogP contribution is -2.50. The van der Waals surface area contributed by atoms with E-state index >= 15 is 0 Å². The first kappa shape index (κ1) is 21.8. The van der Waals surface area contributed by atoms with Crippen molar-refractivity contribution in [2.24, 2.45) is 0 Å². The lowest BCUT2D eigenvalue weighted by molar-refractivity contribution is 0.101. The van der Waals surface area contributed by atoms with Crippen LogP contribution < -0.4 is 19.7 Å². The highest BCUT2D eigenvalue weighted by molar-refractivity contribution is 7.80. The van der Waals surface area contributed by atoms with Crippen LogP contribution in [0.3, 0.4) is 0 Å². The summed E-state index contributed by atoms with van der Waals surface area (Å²) in [7, 11) is 3.23. The Morgan fingerprint density at radius 3 is 2.28 bits per heavy atom. The van der Waals surface area contributed by atoms with Crippen LogP contribution in [0, 0.1) is 0 Å². The lowest BCUT2D eigenvalue weighted by atomic mass is 10.1. The van der Waals surface area contributed by atoms with Gasteiger partial charge >= 0.3 is 0 Å². The van der Waals surface area contributed by atoms with Crippen LogP contribution in [0.15, 0.2) is 42.7 Å². The Morgan fingerprint density at radius 1 is 1.00 bits per heavy atom. The Hall–Kier alpha value is -3.46. The third kappa shape index (κ3) is 4.43. The molecule has 1 aliphatic heterocycles. The number of carbonyl (C=O) groups excluding carboxylic acids is 1. The van der Waals surface area contributed by atoms with Gasteiger partial charge in [-0.25, -0.2) is 9.97 Å². The molecule has 1 aromatic heterocycles. The van der Waals surface area contributed by atoms with E-state index in [1.165, 1.54) is 0 Å². The molecule has 1 saturated heterocycles. The zero-order chi connectivity index (χ0) is 22.7. The Morgan fingerprint density at radius 2 is 1.66 bits per heavy atom. The van der Waals surface area contributed by atoms with Gasteiger partial charge in [0.2, 0.25) is 0 Å². The summed E-state index contributed by atoms with van der Waals surface area (Å²) in [6.45, 7) is 4.61. The summed E-state index contributed by atoms with van der Waals surface area (Å²) in [5.74, 6) is 2.20. The van der Waals surface area contributed by atoms with Crippen LogP contribution in [0.5, 0.6) is 11.5 Å². The fourth-order valence-corrected chi connectivity index (χ4v) is 4.03. The van der Waals surface area contributed by atoms with E-state index in [1.807, 2.05) is 24.3 Å². The van der Waals surface area contributed by atoms with Crippen molar-refractivity contribution in [2.45, 2.75) is 6.92 Å². The number of ketones is 1. The van der Waals surface area contributed by atoms with Crippen LogP contribution in [-0.2, 0) is 0 Å². The van der Waals surface area contributed by atoms with E-state index in [-0.39, 0.29) is 5.78 Å². The molecule has 0 spiro atoms. The van der Waals surface area contributed by atoms with Gasteiger partial charge in [-0.2, -0.15) is 0 Å². The number of aromatic nitrogens is 2. The third-order valence-corrected chi connectivity index (χ3v) is 5.89. The molecule has 0 atom stereocenters. The number of hydrogen-bond donors (Lipinski definition) is 1. The Bertz CT molecular complexity index is 1140. The van der Waals surface area contributed by atoms with Gasteiger partial charge in [0, 0.05) is 48.9 Å². The number of thiocarbonyl (C=S) groups is 1. The maximum atomic E-state index is 11.4. The van der Waals surface area contributed by atoms with Gasteiger partial charge in [0.05, 0.1) is 19.7 Å². The second-order valence-corrected chi connectivity index (χ2v) is 7.85.